The molecule has 0 aliphatic carbocycles. The summed E-state index contributed by atoms with van der Waals surface area (Å²) in [5.74, 6) is 0.380. The number of carbonyl (C=O) groups is 1. The third-order valence-corrected chi connectivity index (χ3v) is 3.81. The zero-order chi connectivity index (χ0) is 15.5. The molecule has 114 valence electrons. The van der Waals surface area contributed by atoms with Gasteiger partial charge in [-0.1, -0.05) is 6.07 Å². The van der Waals surface area contributed by atoms with E-state index >= 15 is 0 Å². The fourth-order valence-corrected chi connectivity index (χ4v) is 2.50. The number of rotatable bonds is 2. The van der Waals surface area contributed by atoms with Gasteiger partial charge in [0.05, 0.1) is 6.20 Å². The van der Waals surface area contributed by atoms with Crippen LogP contribution in [0.25, 0.3) is 0 Å². The van der Waals surface area contributed by atoms with Gasteiger partial charge in [-0.3, -0.25) is 4.79 Å². The third-order valence-electron chi connectivity index (χ3n) is 3.81. The Hall–Kier alpha value is -2.50. The standard InChI is InChI=1S/C16H17FN4O/c1-12-10-14(19-11-13(12)17)16(22)21-8-6-20(7-9-21)15-4-2-3-5-18-15/h2-5,10-11H,6-9H2,1H3. The van der Waals surface area contributed by atoms with Gasteiger partial charge in [-0.05, 0) is 30.7 Å². The molecule has 0 radical (unpaired) electrons. The van der Waals surface area contributed by atoms with Crippen LogP contribution >= 0.6 is 0 Å². The molecule has 0 aromatic carbocycles. The minimum absolute atomic E-state index is 0.149. The normalized spacial score (nSPS) is 15.0. The Morgan fingerprint density at radius 3 is 2.59 bits per heavy atom. The van der Waals surface area contributed by atoms with E-state index in [2.05, 4.69) is 14.9 Å². The van der Waals surface area contributed by atoms with E-state index in [9.17, 15) is 9.18 Å². The largest absolute Gasteiger partial charge is 0.353 e. The molecule has 1 saturated heterocycles. The third kappa shape index (κ3) is 2.90. The van der Waals surface area contributed by atoms with Gasteiger partial charge in [0.2, 0.25) is 0 Å². The highest BCUT2D eigenvalue weighted by atomic mass is 19.1. The highest BCUT2D eigenvalue weighted by Gasteiger charge is 2.23. The molecular formula is C16H17FN4O. The minimum Gasteiger partial charge on any atom is -0.353 e. The van der Waals surface area contributed by atoms with Crippen molar-refractivity contribution in [2.24, 2.45) is 0 Å². The number of hydrogen-bond acceptors (Lipinski definition) is 4. The molecule has 5 nitrogen and oxygen atoms in total. The molecule has 0 spiro atoms. The van der Waals surface area contributed by atoms with Crippen LogP contribution in [0.3, 0.4) is 0 Å². The van der Waals surface area contributed by atoms with Crippen LogP contribution in [0.1, 0.15) is 16.1 Å². The van der Waals surface area contributed by atoms with Gasteiger partial charge in [-0.25, -0.2) is 14.4 Å². The molecule has 22 heavy (non-hydrogen) atoms. The van der Waals surface area contributed by atoms with Crippen molar-refractivity contribution in [1.82, 2.24) is 14.9 Å². The van der Waals surface area contributed by atoms with Crippen LogP contribution in [0.2, 0.25) is 0 Å². The first-order chi connectivity index (χ1) is 10.6. The Labute approximate surface area is 128 Å². The van der Waals surface area contributed by atoms with Crippen molar-refractivity contribution in [2.45, 2.75) is 6.92 Å². The van der Waals surface area contributed by atoms with Crippen LogP contribution in [-0.4, -0.2) is 47.0 Å². The maximum absolute atomic E-state index is 13.2. The predicted octanol–water partition coefficient (Wildman–Crippen LogP) is 1.89. The maximum atomic E-state index is 13.2. The summed E-state index contributed by atoms with van der Waals surface area (Å²) in [5.41, 5.74) is 0.732. The topological polar surface area (TPSA) is 49.3 Å². The van der Waals surface area contributed by atoms with E-state index in [0.717, 1.165) is 25.1 Å². The second kappa shape index (κ2) is 6.09. The van der Waals surface area contributed by atoms with E-state index in [4.69, 9.17) is 0 Å². The molecule has 0 atom stereocenters. The number of nitrogens with zero attached hydrogens (tertiary/aromatic N) is 4. The average molecular weight is 300 g/mol. The molecule has 1 aliphatic rings. The highest BCUT2D eigenvalue weighted by Crippen LogP contribution is 2.14. The molecule has 2 aromatic heterocycles. The van der Waals surface area contributed by atoms with Gasteiger partial charge in [0, 0.05) is 32.4 Å². The predicted molar refractivity (Wildman–Crippen MR) is 81.3 cm³/mol. The SMILES string of the molecule is Cc1cc(C(=O)N2CCN(c3ccccn3)CC2)ncc1F. The number of halogens is 1. The zero-order valence-electron chi connectivity index (χ0n) is 12.4. The number of aromatic nitrogens is 2. The number of carbonyl (C=O) groups excluding carboxylic acids is 1. The van der Waals surface area contributed by atoms with Gasteiger partial charge >= 0.3 is 0 Å². The van der Waals surface area contributed by atoms with Crippen molar-refractivity contribution >= 4 is 11.7 Å². The molecule has 0 unspecified atom stereocenters. The monoisotopic (exact) mass is 300 g/mol. The van der Waals surface area contributed by atoms with Gasteiger partial charge in [0.1, 0.15) is 17.3 Å². The summed E-state index contributed by atoms with van der Waals surface area (Å²) in [6.45, 7) is 4.29. The fourth-order valence-electron chi connectivity index (χ4n) is 2.50. The quantitative estimate of drug-likeness (QED) is 0.850. The Bertz CT molecular complexity index is 669. The molecule has 3 heterocycles. The van der Waals surface area contributed by atoms with Gasteiger partial charge < -0.3 is 9.80 Å². The number of aryl methyl sites for hydroxylation is 1. The summed E-state index contributed by atoms with van der Waals surface area (Å²) in [6.07, 6.45) is 2.87. The first-order valence-corrected chi connectivity index (χ1v) is 7.22. The van der Waals surface area contributed by atoms with Crippen LogP contribution in [0.15, 0.2) is 36.7 Å². The molecule has 1 aliphatic heterocycles. The van der Waals surface area contributed by atoms with E-state index in [0.29, 0.717) is 24.3 Å². The van der Waals surface area contributed by atoms with Crippen molar-refractivity contribution in [3.63, 3.8) is 0 Å². The number of anilines is 1. The van der Waals surface area contributed by atoms with Crippen LogP contribution in [0.4, 0.5) is 10.2 Å². The fraction of sp³-hybridized carbons (Fsp3) is 0.312. The van der Waals surface area contributed by atoms with Crippen molar-refractivity contribution in [1.29, 1.82) is 0 Å². The molecule has 1 amide bonds. The van der Waals surface area contributed by atoms with Crippen LogP contribution < -0.4 is 4.90 Å². The lowest BCUT2D eigenvalue weighted by molar-refractivity contribution is 0.0740. The molecule has 3 rings (SSSR count). The van der Waals surface area contributed by atoms with Crippen LogP contribution in [-0.2, 0) is 0 Å². The Balaban J connectivity index is 1.66. The number of amides is 1. The van der Waals surface area contributed by atoms with E-state index < -0.39 is 5.82 Å². The minimum atomic E-state index is -0.392. The van der Waals surface area contributed by atoms with E-state index in [1.54, 1.807) is 18.0 Å². The van der Waals surface area contributed by atoms with Crippen LogP contribution in [0.5, 0.6) is 0 Å². The summed E-state index contributed by atoms with van der Waals surface area (Å²) in [6, 6.07) is 7.29. The van der Waals surface area contributed by atoms with Gasteiger partial charge in [-0.15, -0.1) is 0 Å². The number of piperazine rings is 1. The second-order valence-corrected chi connectivity index (χ2v) is 5.29. The summed E-state index contributed by atoms with van der Waals surface area (Å²) in [4.78, 5) is 24.5. The first-order valence-electron chi connectivity index (χ1n) is 7.22. The second-order valence-electron chi connectivity index (χ2n) is 5.29. The van der Waals surface area contributed by atoms with Gasteiger partial charge in [0.15, 0.2) is 0 Å². The highest BCUT2D eigenvalue weighted by molar-refractivity contribution is 5.92. The smallest absolute Gasteiger partial charge is 0.272 e. The maximum Gasteiger partial charge on any atom is 0.272 e. The molecule has 2 aromatic rings. The summed E-state index contributed by atoms with van der Waals surface area (Å²) >= 11 is 0. The van der Waals surface area contributed by atoms with E-state index in [1.165, 1.54) is 6.07 Å². The summed E-state index contributed by atoms with van der Waals surface area (Å²) in [7, 11) is 0. The zero-order valence-corrected chi connectivity index (χ0v) is 12.4. The van der Waals surface area contributed by atoms with Crippen molar-refractivity contribution in [3.8, 4) is 0 Å². The van der Waals surface area contributed by atoms with Gasteiger partial charge in [-0.2, -0.15) is 0 Å². The Morgan fingerprint density at radius 1 is 1.18 bits per heavy atom. The molecule has 1 fully saturated rings. The Kier molecular flexibility index (Phi) is 4.00. The lowest BCUT2D eigenvalue weighted by atomic mass is 10.2. The van der Waals surface area contributed by atoms with Crippen LogP contribution in [0, 0.1) is 12.7 Å². The molecule has 6 heteroatoms. The van der Waals surface area contributed by atoms with Crippen molar-refractivity contribution < 1.29 is 9.18 Å². The average Bonchev–Trinajstić information content (AvgIpc) is 2.58. The van der Waals surface area contributed by atoms with Crippen molar-refractivity contribution in [3.05, 3.63) is 53.7 Å². The lowest BCUT2D eigenvalue weighted by Gasteiger charge is -2.35. The lowest BCUT2D eigenvalue weighted by Crippen LogP contribution is -2.49. The van der Waals surface area contributed by atoms with Crippen molar-refractivity contribution in [2.75, 3.05) is 31.1 Å². The number of pyridine rings is 2. The molecule has 0 bridgehead atoms. The van der Waals surface area contributed by atoms with E-state index in [-0.39, 0.29) is 5.91 Å². The summed E-state index contributed by atoms with van der Waals surface area (Å²) in [5, 5.41) is 0. The summed E-state index contributed by atoms with van der Waals surface area (Å²) < 4.78 is 13.2. The molecule has 0 N–H and O–H groups in total. The van der Waals surface area contributed by atoms with E-state index in [1.807, 2.05) is 18.2 Å². The molecular weight excluding hydrogens is 283 g/mol. The molecule has 0 saturated carbocycles. The first kappa shape index (κ1) is 14.4. The Morgan fingerprint density at radius 2 is 1.95 bits per heavy atom. The van der Waals surface area contributed by atoms with Gasteiger partial charge in [0.25, 0.3) is 5.91 Å². The number of hydrogen-bond donors (Lipinski definition) is 0.